The molecule has 1 saturated heterocycles. The van der Waals surface area contributed by atoms with E-state index >= 15 is 0 Å². The summed E-state index contributed by atoms with van der Waals surface area (Å²) in [5.41, 5.74) is 3.59. The SMILES string of the molecule is CC(=O)NCC(=Cc1cc(C)ccc1C)B1OC(C)(C)C(C)(C)O1. The number of hydrogen-bond donors (Lipinski definition) is 1. The van der Waals surface area contributed by atoms with Crippen LogP contribution in [0.1, 0.15) is 51.3 Å². The second-order valence-electron chi connectivity index (χ2n) is 7.58. The smallest absolute Gasteiger partial charge is 0.400 e. The van der Waals surface area contributed by atoms with Crippen LogP contribution in [-0.4, -0.2) is 30.8 Å². The van der Waals surface area contributed by atoms with Crippen molar-refractivity contribution in [3.05, 3.63) is 40.4 Å². The molecule has 0 atom stereocenters. The molecular formula is C19H28BNO3. The summed E-state index contributed by atoms with van der Waals surface area (Å²) in [6.45, 7) is 14.2. The van der Waals surface area contributed by atoms with Crippen molar-refractivity contribution in [1.29, 1.82) is 0 Å². The number of hydrogen-bond acceptors (Lipinski definition) is 3. The summed E-state index contributed by atoms with van der Waals surface area (Å²) in [5.74, 6) is -0.0709. The number of amides is 1. The Balaban J connectivity index is 2.37. The Morgan fingerprint density at radius 3 is 2.29 bits per heavy atom. The first-order chi connectivity index (χ1) is 11.0. The van der Waals surface area contributed by atoms with Gasteiger partial charge in [0.1, 0.15) is 0 Å². The first-order valence-electron chi connectivity index (χ1n) is 8.39. The van der Waals surface area contributed by atoms with Crippen molar-refractivity contribution >= 4 is 19.1 Å². The normalized spacial score (nSPS) is 19.5. The largest absolute Gasteiger partial charge is 0.492 e. The second kappa shape index (κ2) is 6.73. The molecule has 1 fully saturated rings. The molecule has 0 saturated carbocycles. The average Bonchev–Trinajstić information content (AvgIpc) is 2.66. The number of benzene rings is 1. The summed E-state index contributed by atoms with van der Waals surface area (Å²) in [6, 6.07) is 6.32. The first kappa shape index (κ1) is 18.7. The van der Waals surface area contributed by atoms with Gasteiger partial charge in [-0.2, -0.15) is 0 Å². The van der Waals surface area contributed by atoms with Gasteiger partial charge in [-0.3, -0.25) is 4.79 Å². The van der Waals surface area contributed by atoms with Crippen LogP contribution in [0.15, 0.2) is 23.7 Å². The van der Waals surface area contributed by atoms with Crippen LogP contribution < -0.4 is 5.32 Å². The Labute approximate surface area is 145 Å². The van der Waals surface area contributed by atoms with Gasteiger partial charge in [-0.15, -0.1) is 0 Å². The summed E-state index contributed by atoms with van der Waals surface area (Å²) in [5, 5.41) is 2.86. The zero-order chi connectivity index (χ0) is 18.1. The number of carbonyl (C=O) groups is 1. The maximum atomic E-state index is 11.4. The molecule has 130 valence electrons. The number of carbonyl (C=O) groups excluding carboxylic acids is 1. The average molecular weight is 329 g/mol. The third kappa shape index (κ3) is 4.08. The number of nitrogens with one attached hydrogen (secondary N) is 1. The van der Waals surface area contributed by atoms with Crippen LogP contribution in [0.5, 0.6) is 0 Å². The van der Waals surface area contributed by atoms with E-state index < -0.39 is 18.3 Å². The van der Waals surface area contributed by atoms with Crippen LogP contribution in [0.4, 0.5) is 0 Å². The van der Waals surface area contributed by atoms with Gasteiger partial charge >= 0.3 is 7.12 Å². The molecule has 1 aromatic rings. The zero-order valence-electron chi connectivity index (χ0n) is 15.8. The van der Waals surface area contributed by atoms with Crippen molar-refractivity contribution in [2.24, 2.45) is 0 Å². The summed E-state index contributed by atoms with van der Waals surface area (Å²) in [7, 11) is -0.471. The van der Waals surface area contributed by atoms with Crippen LogP contribution in [0.3, 0.4) is 0 Å². The monoisotopic (exact) mass is 329 g/mol. The first-order valence-corrected chi connectivity index (χ1v) is 8.39. The van der Waals surface area contributed by atoms with Crippen molar-refractivity contribution in [1.82, 2.24) is 5.32 Å². The molecule has 1 aromatic carbocycles. The van der Waals surface area contributed by atoms with Gasteiger partial charge in [0.25, 0.3) is 0 Å². The molecule has 24 heavy (non-hydrogen) atoms. The lowest BCUT2D eigenvalue weighted by Gasteiger charge is -2.32. The molecule has 4 nitrogen and oxygen atoms in total. The highest BCUT2D eigenvalue weighted by Crippen LogP contribution is 2.38. The lowest BCUT2D eigenvalue weighted by atomic mass is 9.76. The summed E-state index contributed by atoms with van der Waals surface area (Å²) < 4.78 is 12.3. The summed E-state index contributed by atoms with van der Waals surface area (Å²) >= 11 is 0. The summed E-state index contributed by atoms with van der Waals surface area (Å²) in [6.07, 6.45) is 2.07. The molecule has 0 radical (unpaired) electrons. The van der Waals surface area contributed by atoms with Crippen molar-refractivity contribution in [2.75, 3.05) is 6.54 Å². The van der Waals surface area contributed by atoms with Crippen molar-refractivity contribution in [3.8, 4) is 0 Å². The fourth-order valence-corrected chi connectivity index (χ4v) is 2.54. The van der Waals surface area contributed by atoms with Gasteiger partial charge in [-0.1, -0.05) is 29.8 Å². The van der Waals surface area contributed by atoms with Crippen LogP contribution in [0.25, 0.3) is 6.08 Å². The van der Waals surface area contributed by atoms with Crippen LogP contribution in [0, 0.1) is 13.8 Å². The highest BCUT2D eigenvalue weighted by atomic mass is 16.7. The lowest BCUT2D eigenvalue weighted by molar-refractivity contribution is -0.118. The molecule has 5 heteroatoms. The van der Waals surface area contributed by atoms with Gasteiger partial charge in [0.2, 0.25) is 5.91 Å². The Morgan fingerprint density at radius 2 is 1.75 bits per heavy atom. The minimum Gasteiger partial charge on any atom is -0.400 e. The highest BCUT2D eigenvalue weighted by molar-refractivity contribution is 6.56. The van der Waals surface area contributed by atoms with E-state index in [0.717, 1.165) is 11.0 Å². The molecular weight excluding hydrogens is 301 g/mol. The molecule has 0 aliphatic carbocycles. The molecule has 0 aromatic heterocycles. The van der Waals surface area contributed by atoms with E-state index in [1.54, 1.807) is 0 Å². The molecule has 0 unspecified atom stereocenters. The Bertz CT molecular complexity index is 649. The standard InChI is InChI=1S/C19H28BNO3/c1-13-8-9-14(2)16(10-13)11-17(12-21-15(3)22)20-23-18(4,5)19(6,7)24-20/h8-11H,12H2,1-7H3,(H,21,22). The van der Waals surface area contributed by atoms with E-state index in [-0.39, 0.29) is 5.91 Å². The van der Waals surface area contributed by atoms with Gasteiger partial charge in [0, 0.05) is 13.5 Å². The lowest BCUT2D eigenvalue weighted by Crippen LogP contribution is -2.41. The van der Waals surface area contributed by atoms with Gasteiger partial charge in [0.15, 0.2) is 0 Å². The highest BCUT2D eigenvalue weighted by Gasteiger charge is 2.52. The predicted molar refractivity (Wildman–Crippen MR) is 98.7 cm³/mol. The third-order valence-corrected chi connectivity index (χ3v) is 4.87. The quantitative estimate of drug-likeness (QED) is 0.861. The molecule has 2 rings (SSSR count). The molecule has 0 spiro atoms. The molecule has 1 aliphatic heterocycles. The predicted octanol–water partition coefficient (Wildman–Crippen LogP) is 3.45. The Hall–Kier alpha value is -1.59. The van der Waals surface area contributed by atoms with Crippen molar-refractivity contribution in [3.63, 3.8) is 0 Å². The Kier molecular flexibility index (Phi) is 5.26. The van der Waals surface area contributed by atoms with Crippen molar-refractivity contribution in [2.45, 2.75) is 59.7 Å². The number of rotatable bonds is 4. The molecule has 1 N–H and O–H groups in total. The van der Waals surface area contributed by atoms with Crippen molar-refractivity contribution < 1.29 is 14.1 Å². The van der Waals surface area contributed by atoms with Gasteiger partial charge < -0.3 is 14.6 Å². The molecule has 1 amide bonds. The molecule has 1 heterocycles. The van der Waals surface area contributed by atoms with E-state index in [0.29, 0.717) is 6.54 Å². The minimum atomic E-state index is -0.471. The topological polar surface area (TPSA) is 47.6 Å². The van der Waals surface area contributed by atoms with Crippen LogP contribution in [-0.2, 0) is 14.1 Å². The second-order valence-corrected chi connectivity index (χ2v) is 7.58. The van der Waals surface area contributed by atoms with E-state index in [1.165, 1.54) is 18.1 Å². The zero-order valence-corrected chi connectivity index (χ0v) is 15.8. The van der Waals surface area contributed by atoms with E-state index in [2.05, 4.69) is 43.4 Å². The fraction of sp³-hybridized carbons (Fsp3) is 0.526. The van der Waals surface area contributed by atoms with E-state index in [4.69, 9.17) is 9.31 Å². The third-order valence-electron chi connectivity index (χ3n) is 4.87. The Morgan fingerprint density at radius 1 is 1.17 bits per heavy atom. The summed E-state index contributed by atoms with van der Waals surface area (Å²) in [4.78, 5) is 11.4. The maximum absolute atomic E-state index is 11.4. The van der Waals surface area contributed by atoms with Gasteiger partial charge in [0.05, 0.1) is 11.2 Å². The molecule has 1 aliphatic rings. The fourth-order valence-electron chi connectivity index (χ4n) is 2.54. The van der Waals surface area contributed by atoms with Crippen LogP contribution >= 0.6 is 0 Å². The van der Waals surface area contributed by atoms with E-state index in [9.17, 15) is 4.79 Å². The molecule has 0 bridgehead atoms. The van der Waals surface area contributed by atoms with Gasteiger partial charge in [-0.05, 0) is 58.1 Å². The minimum absolute atomic E-state index is 0.0709. The van der Waals surface area contributed by atoms with Gasteiger partial charge in [-0.25, -0.2) is 0 Å². The van der Waals surface area contributed by atoms with Crippen LogP contribution in [0.2, 0.25) is 0 Å². The van der Waals surface area contributed by atoms with E-state index in [1.807, 2.05) is 27.7 Å². The maximum Gasteiger partial charge on any atom is 0.492 e. The number of aryl methyl sites for hydroxylation is 2.